The van der Waals surface area contributed by atoms with Gasteiger partial charge in [0.1, 0.15) is 12.9 Å². The van der Waals surface area contributed by atoms with E-state index in [9.17, 15) is 9.59 Å². The molecule has 0 bridgehead atoms. The molecule has 1 aliphatic rings. The molecular weight excluding hydrogens is 414 g/mol. The number of carbonyl (C=O) groups is 2. The third-order valence-electron chi connectivity index (χ3n) is 5.35. The second-order valence-electron chi connectivity index (χ2n) is 7.22. The summed E-state index contributed by atoms with van der Waals surface area (Å²) in [4.78, 5) is 26.9. The zero-order valence-electron chi connectivity index (χ0n) is 17.8. The number of carbonyl (C=O) groups excluding carboxylic acids is 2. The lowest BCUT2D eigenvalue weighted by atomic mass is 9.87. The Morgan fingerprint density at radius 2 is 1.84 bits per heavy atom. The van der Waals surface area contributed by atoms with Crippen molar-refractivity contribution in [3.8, 4) is 11.5 Å². The number of hydrogen-bond donors (Lipinski definition) is 0. The predicted octanol–water partition coefficient (Wildman–Crippen LogP) is 1.41. The molecule has 166 valence electrons. The summed E-state index contributed by atoms with van der Waals surface area (Å²) in [6.07, 6.45) is 1.95. The summed E-state index contributed by atoms with van der Waals surface area (Å²) in [7, 11) is 3.18. The Kier molecular flexibility index (Phi) is 6.29. The molecule has 0 unspecified atom stereocenters. The van der Waals surface area contributed by atoms with Gasteiger partial charge in [0.2, 0.25) is 0 Å². The largest absolute Gasteiger partial charge is 0.493 e. The van der Waals surface area contributed by atoms with Crippen molar-refractivity contribution in [1.29, 1.82) is 0 Å². The van der Waals surface area contributed by atoms with Gasteiger partial charge < -0.3 is 19.1 Å². The van der Waals surface area contributed by atoms with E-state index in [1.54, 1.807) is 19.1 Å². The Balaban J connectivity index is 1.59. The molecule has 3 aromatic rings. The first kappa shape index (κ1) is 21.3. The van der Waals surface area contributed by atoms with Crippen LogP contribution in [0, 0.1) is 0 Å². The first-order valence-corrected chi connectivity index (χ1v) is 10.1. The van der Waals surface area contributed by atoms with E-state index in [2.05, 4.69) is 15.5 Å². The average Bonchev–Trinajstić information content (AvgIpc) is 3.34. The molecular formula is C22H23N5O5. The number of fused-ring (bicyclic) bond motifs is 1. The molecule has 10 nitrogen and oxygen atoms in total. The first-order valence-electron chi connectivity index (χ1n) is 10.1. The monoisotopic (exact) mass is 437 g/mol. The van der Waals surface area contributed by atoms with Crippen molar-refractivity contribution in [2.75, 3.05) is 27.4 Å². The summed E-state index contributed by atoms with van der Waals surface area (Å²) in [6.45, 7) is -0.0550. The summed E-state index contributed by atoms with van der Waals surface area (Å²) in [6, 6.07) is 13.3. The summed E-state index contributed by atoms with van der Waals surface area (Å²) >= 11 is 0. The number of ether oxygens (including phenoxy) is 3. The quantitative estimate of drug-likeness (QED) is 0.511. The lowest BCUT2D eigenvalue weighted by Gasteiger charge is -2.38. The fraction of sp³-hybridized carbons (Fsp3) is 0.318. The van der Waals surface area contributed by atoms with Gasteiger partial charge in [-0.3, -0.25) is 9.59 Å². The van der Waals surface area contributed by atoms with Crippen LogP contribution >= 0.6 is 0 Å². The van der Waals surface area contributed by atoms with Gasteiger partial charge in [0.15, 0.2) is 18.1 Å². The van der Waals surface area contributed by atoms with E-state index in [-0.39, 0.29) is 25.1 Å². The van der Waals surface area contributed by atoms with Crippen molar-refractivity contribution in [2.45, 2.75) is 19.0 Å². The highest BCUT2D eigenvalue weighted by molar-refractivity contribution is 5.82. The lowest BCUT2D eigenvalue weighted by molar-refractivity contribution is -0.153. The van der Waals surface area contributed by atoms with Crippen molar-refractivity contribution >= 4 is 11.9 Å². The molecule has 0 saturated carbocycles. The van der Waals surface area contributed by atoms with Gasteiger partial charge in [-0.05, 0) is 45.7 Å². The maximum Gasteiger partial charge on any atom is 0.328 e. The van der Waals surface area contributed by atoms with Crippen LogP contribution in [-0.4, -0.2) is 64.4 Å². The van der Waals surface area contributed by atoms with Crippen LogP contribution in [0.25, 0.3) is 0 Å². The van der Waals surface area contributed by atoms with Gasteiger partial charge in [-0.25, -0.2) is 4.68 Å². The van der Waals surface area contributed by atoms with Crippen molar-refractivity contribution in [3.63, 3.8) is 0 Å². The smallest absolute Gasteiger partial charge is 0.328 e. The number of benzene rings is 2. The van der Waals surface area contributed by atoms with Crippen molar-refractivity contribution < 1.29 is 23.8 Å². The second kappa shape index (κ2) is 9.46. The predicted molar refractivity (Wildman–Crippen MR) is 112 cm³/mol. The normalized spacial score (nSPS) is 15.1. The molecule has 1 aliphatic heterocycles. The molecule has 0 saturated heterocycles. The number of amides is 1. The summed E-state index contributed by atoms with van der Waals surface area (Å²) in [5.74, 6) is 0.360. The van der Waals surface area contributed by atoms with E-state index in [4.69, 9.17) is 14.2 Å². The molecule has 2 aromatic carbocycles. The molecule has 10 heteroatoms. The molecule has 32 heavy (non-hydrogen) atoms. The lowest BCUT2D eigenvalue weighted by Crippen LogP contribution is -2.42. The minimum atomic E-state index is -0.592. The van der Waals surface area contributed by atoms with Gasteiger partial charge in [-0.2, -0.15) is 0 Å². The van der Waals surface area contributed by atoms with Crippen LogP contribution in [0.2, 0.25) is 0 Å². The molecule has 0 spiro atoms. The van der Waals surface area contributed by atoms with Crippen LogP contribution < -0.4 is 9.47 Å². The average molecular weight is 437 g/mol. The molecule has 0 radical (unpaired) electrons. The van der Waals surface area contributed by atoms with Gasteiger partial charge in [0.25, 0.3) is 5.91 Å². The summed E-state index contributed by atoms with van der Waals surface area (Å²) in [5, 5.41) is 10.5. The molecule has 0 aliphatic carbocycles. The molecule has 0 fully saturated rings. The van der Waals surface area contributed by atoms with Crippen LogP contribution in [0.3, 0.4) is 0 Å². The number of aromatic nitrogens is 4. The van der Waals surface area contributed by atoms with E-state index in [0.717, 1.165) is 16.7 Å². The zero-order valence-corrected chi connectivity index (χ0v) is 17.8. The topological polar surface area (TPSA) is 109 Å². The minimum absolute atomic E-state index is 0.164. The minimum Gasteiger partial charge on any atom is -0.493 e. The highest BCUT2D eigenvalue weighted by atomic mass is 16.5. The summed E-state index contributed by atoms with van der Waals surface area (Å²) in [5.41, 5.74) is 2.98. The molecule has 2 heterocycles. The Bertz CT molecular complexity index is 1090. The van der Waals surface area contributed by atoms with Crippen LogP contribution in [0.15, 0.2) is 48.8 Å². The second-order valence-corrected chi connectivity index (χ2v) is 7.22. The molecule has 4 rings (SSSR count). The standard InChI is InChI=1S/C22H23N5O5/c1-30-18-10-16-8-9-27(20(28)13-32-21(29)12-26-14-23-24-25-26)22(15-6-4-3-5-7-15)17(16)11-19(18)31-2/h3-7,10-11,14,22H,8-9,12-13H2,1-2H3/t22-/m0/s1. The number of methoxy groups -OCH3 is 2. The van der Waals surface area contributed by atoms with Crippen LogP contribution in [0.1, 0.15) is 22.7 Å². The van der Waals surface area contributed by atoms with Crippen molar-refractivity contribution in [3.05, 3.63) is 65.5 Å². The van der Waals surface area contributed by atoms with Gasteiger partial charge in [-0.1, -0.05) is 30.3 Å². The molecule has 1 atom stereocenters. The Labute approximate surface area is 184 Å². The van der Waals surface area contributed by atoms with Crippen molar-refractivity contribution in [2.24, 2.45) is 0 Å². The Morgan fingerprint density at radius 3 is 2.53 bits per heavy atom. The number of esters is 1. The fourth-order valence-electron chi connectivity index (χ4n) is 3.87. The van der Waals surface area contributed by atoms with E-state index < -0.39 is 5.97 Å². The van der Waals surface area contributed by atoms with Gasteiger partial charge in [-0.15, -0.1) is 5.10 Å². The van der Waals surface area contributed by atoms with Crippen LogP contribution in [0.4, 0.5) is 0 Å². The number of rotatable bonds is 7. The molecule has 1 amide bonds. The molecule has 1 aromatic heterocycles. The van der Waals surface area contributed by atoms with Gasteiger partial charge >= 0.3 is 5.97 Å². The molecule has 0 N–H and O–H groups in total. The maximum atomic E-state index is 13.1. The van der Waals surface area contributed by atoms with Crippen LogP contribution in [-0.2, 0) is 27.3 Å². The number of nitrogens with zero attached hydrogens (tertiary/aromatic N) is 5. The van der Waals surface area contributed by atoms with Gasteiger partial charge in [0, 0.05) is 6.54 Å². The zero-order chi connectivity index (χ0) is 22.5. The third kappa shape index (κ3) is 4.39. The summed E-state index contributed by atoms with van der Waals surface area (Å²) < 4.78 is 17.4. The van der Waals surface area contributed by atoms with Crippen molar-refractivity contribution in [1.82, 2.24) is 25.1 Å². The highest BCUT2D eigenvalue weighted by Gasteiger charge is 2.33. The maximum absolute atomic E-state index is 13.1. The third-order valence-corrected chi connectivity index (χ3v) is 5.35. The highest BCUT2D eigenvalue weighted by Crippen LogP contribution is 2.41. The van der Waals surface area contributed by atoms with E-state index in [1.165, 1.54) is 11.0 Å². The number of tetrazole rings is 1. The first-order chi connectivity index (χ1) is 15.6. The number of hydrogen-bond acceptors (Lipinski definition) is 8. The van der Waals surface area contributed by atoms with E-state index in [0.29, 0.717) is 24.5 Å². The van der Waals surface area contributed by atoms with E-state index in [1.807, 2.05) is 42.5 Å². The van der Waals surface area contributed by atoms with Crippen LogP contribution in [0.5, 0.6) is 11.5 Å². The fourth-order valence-corrected chi connectivity index (χ4v) is 3.87. The van der Waals surface area contributed by atoms with Gasteiger partial charge in [0.05, 0.1) is 20.3 Å². The Morgan fingerprint density at radius 1 is 1.09 bits per heavy atom. The van der Waals surface area contributed by atoms with E-state index >= 15 is 0 Å². The SMILES string of the molecule is COc1cc2c(cc1OC)[C@H](c1ccccc1)N(C(=O)COC(=O)Cn1cnnn1)CC2. The Hall–Kier alpha value is -3.95.